The van der Waals surface area contributed by atoms with Crippen molar-refractivity contribution in [2.45, 2.75) is 71.5 Å². The van der Waals surface area contributed by atoms with Crippen molar-refractivity contribution in [2.24, 2.45) is 0 Å². The molecule has 0 aromatic carbocycles. The minimum atomic E-state index is -2.20. The summed E-state index contributed by atoms with van der Waals surface area (Å²) in [4.78, 5) is 23.4. The van der Waals surface area contributed by atoms with E-state index in [9.17, 15) is 9.59 Å². The molecule has 5 heteroatoms. The molecule has 0 aliphatic rings. The highest BCUT2D eigenvalue weighted by Gasteiger charge is 2.48. The second kappa shape index (κ2) is 8.37. The highest BCUT2D eigenvalue weighted by atomic mass is 28.4. The molecule has 0 rings (SSSR count). The Morgan fingerprint density at radius 1 is 1.00 bits per heavy atom. The highest BCUT2D eigenvalue weighted by molar-refractivity contribution is 6.78. The predicted octanol–water partition coefficient (Wildman–Crippen LogP) is 4.21. The Kier molecular flexibility index (Phi) is 7.93. The molecular formula is C16H30O4Si. The van der Waals surface area contributed by atoms with E-state index < -0.39 is 14.3 Å². The van der Waals surface area contributed by atoms with Gasteiger partial charge in [0, 0.05) is 5.57 Å². The summed E-state index contributed by atoms with van der Waals surface area (Å²) in [6, 6.07) is 0. The van der Waals surface area contributed by atoms with Gasteiger partial charge in [-0.1, -0.05) is 48.1 Å². The zero-order chi connectivity index (χ0) is 16.8. The van der Waals surface area contributed by atoms with Crippen LogP contribution in [0.15, 0.2) is 12.2 Å². The molecule has 0 aromatic heterocycles. The van der Waals surface area contributed by atoms with Gasteiger partial charge in [0.2, 0.25) is 0 Å². The van der Waals surface area contributed by atoms with E-state index in [1.807, 2.05) is 0 Å². The standard InChI is InChI=1S/C16H30O4Si/c1-11(2)16(18)19-10-9-15(17)20-21(12(3)4,13(5)6)14(7)8/h12-14H,1,9-10H2,2-8H3. The molecule has 0 aromatic rings. The van der Waals surface area contributed by atoms with Crippen LogP contribution in [0.3, 0.4) is 0 Å². The average Bonchev–Trinajstić information content (AvgIpc) is 2.34. The maximum Gasteiger partial charge on any atom is 0.333 e. The van der Waals surface area contributed by atoms with Gasteiger partial charge in [-0.05, 0) is 23.5 Å². The average molecular weight is 314 g/mol. The summed E-state index contributed by atoms with van der Waals surface area (Å²) in [5.41, 5.74) is 1.37. The quantitative estimate of drug-likeness (QED) is 0.382. The van der Waals surface area contributed by atoms with E-state index >= 15 is 0 Å². The van der Waals surface area contributed by atoms with Crippen molar-refractivity contribution in [3.05, 3.63) is 12.2 Å². The molecule has 0 N–H and O–H groups in total. The second-order valence-corrected chi connectivity index (χ2v) is 11.8. The molecule has 21 heavy (non-hydrogen) atoms. The van der Waals surface area contributed by atoms with Crippen LogP contribution in [0, 0.1) is 0 Å². The molecule has 0 bridgehead atoms. The van der Waals surface area contributed by atoms with Gasteiger partial charge in [0.25, 0.3) is 14.3 Å². The van der Waals surface area contributed by atoms with Crippen molar-refractivity contribution in [1.82, 2.24) is 0 Å². The molecule has 0 spiro atoms. The Morgan fingerprint density at radius 2 is 1.43 bits per heavy atom. The Bertz CT molecular complexity index is 364. The fourth-order valence-electron chi connectivity index (χ4n) is 2.95. The van der Waals surface area contributed by atoms with E-state index in [1.54, 1.807) is 6.92 Å². The minimum absolute atomic E-state index is 0.0449. The maximum absolute atomic E-state index is 12.1. The third kappa shape index (κ3) is 5.30. The molecule has 0 atom stereocenters. The summed E-state index contributed by atoms with van der Waals surface area (Å²) in [7, 11) is -2.20. The monoisotopic (exact) mass is 314 g/mol. The maximum atomic E-state index is 12.1. The Morgan fingerprint density at radius 3 is 1.76 bits per heavy atom. The molecule has 0 heterocycles. The molecular weight excluding hydrogens is 284 g/mol. The van der Waals surface area contributed by atoms with Gasteiger partial charge in [0.05, 0.1) is 6.42 Å². The Hall–Kier alpha value is -1.10. The lowest BCUT2D eigenvalue weighted by Crippen LogP contribution is -2.49. The second-order valence-electron chi connectivity index (χ2n) is 6.46. The van der Waals surface area contributed by atoms with Gasteiger partial charge in [0.1, 0.15) is 6.61 Å². The molecule has 0 amide bonds. The Labute approximate surface area is 130 Å². The van der Waals surface area contributed by atoms with Crippen LogP contribution in [-0.2, 0) is 18.8 Å². The lowest BCUT2D eigenvalue weighted by Gasteiger charge is -2.41. The molecule has 0 saturated heterocycles. The third-order valence-electron chi connectivity index (χ3n) is 3.89. The number of carbonyl (C=O) groups excluding carboxylic acids is 2. The van der Waals surface area contributed by atoms with Crippen LogP contribution in [0.1, 0.15) is 54.9 Å². The lowest BCUT2D eigenvalue weighted by atomic mass is 10.4. The van der Waals surface area contributed by atoms with Gasteiger partial charge < -0.3 is 9.16 Å². The van der Waals surface area contributed by atoms with Gasteiger partial charge >= 0.3 is 5.97 Å². The number of esters is 1. The van der Waals surface area contributed by atoms with E-state index in [0.29, 0.717) is 22.2 Å². The molecule has 122 valence electrons. The van der Waals surface area contributed by atoms with Crippen molar-refractivity contribution < 1.29 is 18.8 Å². The third-order valence-corrected chi connectivity index (χ3v) is 9.88. The smallest absolute Gasteiger partial charge is 0.333 e. The normalized spacial score (nSPS) is 11.9. The molecule has 4 nitrogen and oxygen atoms in total. The van der Waals surface area contributed by atoms with E-state index in [-0.39, 0.29) is 19.0 Å². The first-order chi connectivity index (χ1) is 9.55. The Balaban J connectivity index is 4.70. The van der Waals surface area contributed by atoms with Crippen molar-refractivity contribution in [3.8, 4) is 0 Å². The van der Waals surface area contributed by atoms with Gasteiger partial charge in [-0.15, -0.1) is 0 Å². The number of hydrogen-bond donors (Lipinski definition) is 0. The summed E-state index contributed by atoms with van der Waals surface area (Å²) in [5, 5.41) is 0. The van der Waals surface area contributed by atoms with Crippen LogP contribution in [0.5, 0.6) is 0 Å². The van der Waals surface area contributed by atoms with Crippen LogP contribution in [0.2, 0.25) is 16.6 Å². The van der Waals surface area contributed by atoms with E-state index in [1.165, 1.54) is 0 Å². The minimum Gasteiger partial charge on any atom is -0.518 e. The van der Waals surface area contributed by atoms with Crippen molar-refractivity contribution in [1.29, 1.82) is 0 Å². The van der Waals surface area contributed by atoms with Crippen molar-refractivity contribution in [3.63, 3.8) is 0 Å². The summed E-state index contributed by atoms with van der Waals surface area (Å²) in [6.45, 7) is 17.9. The van der Waals surface area contributed by atoms with Crippen LogP contribution in [0.25, 0.3) is 0 Å². The van der Waals surface area contributed by atoms with Crippen LogP contribution in [0.4, 0.5) is 0 Å². The van der Waals surface area contributed by atoms with Gasteiger partial charge in [-0.3, -0.25) is 4.79 Å². The SMILES string of the molecule is C=C(C)C(=O)OCCC(=O)O[Si](C(C)C)(C(C)C)C(C)C. The number of carbonyl (C=O) groups is 2. The first kappa shape index (κ1) is 19.9. The van der Waals surface area contributed by atoms with E-state index in [4.69, 9.17) is 9.16 Å². The van der Waals surface area contributed by atoms with Crippen molar-refractivity contribution in [2.75, 3.05) is 6.61 Å². The molecule has 0 aliphatic heterocycles. The number of ether oxygens (including phenoxy) is 1. The molecule has 0 radical (unpaired) electrons. The van der Waals surface area contributed by atoms with Crippen LogP contribution < -0.4 is 0 Å². The zero-order valence-electron chi connectivity index (χ0n) is 14.5. The first-order valence-electron chi connectivity index (χ1n) is 7.60. The fraction of sp³-hybridized carbons (Fsp3) is 0.750. The molecule has 0 unspecified atom stereocenters. The zero-order valence-corrected chi connectivity index (χ0v) is 15.5. The van der Waals surface area contributed by atoms with E-state index in [0.717, 1.165) is 0 Å². The summed E-state index contributed by atoms with van der Waals surface area (Å²) in [5.74, 6) is -0.741. The van der Waals surface area contributed by atoms with Crippen molar-refractivity contribution >= 4 is 20.3 Å². The van der Waals surface area contributed by atoms with Gasteiger partial charge in [-0.25, -0.2) is 4.79 Å². The first-order valence-corrected chi connectivity index (χ1v) is 9.74. The van der Waals surface area contributed by atoms with Crippen LogP contribution >= 0.6 is 0 Å². The molecule has 0 fully saturated rings. The van der Waals surface area contributed by atoms with Gasteiger partial charge in [0.15, 0.2) is 0 Å². The molecule has 0 aliphatic carbocycles. The largest absolute Gasteiger partial charge is 0.518 e. The summed E-state index contributed by atoms with van der Waals surface area (Å²) < 4.78 is 10.9. The summed E-state index contributed by atoms with van der Waals surface area (Å²) in [6.07, 6.45) is 0.0972. The summed E-state index contributed by atoms with van der Waals surface area (Å²) >= 11 is 0. The van der Waals surface area contributed by atoms with Gasteiger partial charge in [-0.2, -0.15) is 0 Å². The van der Waals surface area contributed by atoms with Crippen LogP contribution in [-0.4, -0.2) is 26.9 Å². The predicted molar refractivity (Wildman–Crippen MR) is 87.5 cm³/mol. The lowest BCUT2D eigenvalue weighted by molar-refractivity contribution is -0.142. The fourth-order valence-corrected chi connectivity index (χ4v) is 8.16. The van der Waals surface area contributed by atoms with E-state index in [2.05, 4.69) is 48.1 Å². The molecule has 0 saturated carbocycles. The highest BCUT2D eigenvalue weighted by Crippen LogP contribution is 2.42. The topological polar surface area (TPSA) is 52.6 Å². The number of rotatable bonds is 8. The number of hydrogen-bond acceptors (Lipinski definition) is 4.